The Labute approximate surface area is 138 Å². The van der Waals surface area contributed by atoms with E-state index in [2.05, 4.69) is 25.4 Å². The molecule has 1 amide bonds. The number of carbonyl (C=O) groups is 1. The maximum Gasteiger partial charge on any atom is 0.228 e. The molecule has 4 heterocycles. The predicted molar refractivity (Wildman–Crippen MR) is 86.9 cm³/mol. The molecule has 0 N–H and O–H groups in total. The number of aryl methyl sites for hydroxylation is 1. The van der Waals surface area contributed by atoms with Crippen molar-refractivity contribution < 1.29 is 9.32 Å². The Kier molecular flexibility index (Phi) is 3.84. The zero-order valence-corrected chi connectivity index (χ0v) is 13.9. The number of rotatable bonds is 3. The number of piperidine rings is 1. The van der Waals surface area contributed by atoms with Crippen molar-refractivity contribution in [3.05, 3.63) is 22.8 Å². The molecule has 1 atom stereocenters. The highest BCUT2D eigenvalue weighted by Crippen LogP contribution is 2.32. The molecule has 7 nitrogen and oxygen atoms in total. The fourth-order valence-corrected chi connectivity index (χ4v) is 4.23. The van der Waals surface area contributed by atoms with Crippen molar-refractivity contribution in [3.63, 3.8) is 0 Å². The Bertz CT molecular complexity index is 683. The van der Waals surface area contributed by atoms with Crippen molar-refractivity contribution in [1.82, 2.24) is 19.9 Å². The smallest absolute Gasteiger partial charge is 0.228 e. The molecule has 1 fully saturated rings. The number of nitrogens with zero attached hydrogens (tertiary/aromatic N) is 5. The zero-order chi connectivity index (χ0) is 15.8. The van der Waals surface area contributed by atoms with Crippen LogP contribution < -0.4 is 0 Å². The SMILES string of the molecule is Cc1nc([C@@H]2CCCN(C(=O)CC3=CSC4=NCCN34)C2)no1. The van der Waals surface area contributed by atoms with Crippen LogP contribution in [0.4, 0.5) is 0 Å². The van der Waals surface area contributed by atoms with Crippen LogP contribution in [0.3, 0.4) is 0 Å². The summed E-state index contributed by atoms with van der Waals surface area (Å²) in [5.41, 5.74) is 1.08. The van der Waals surface area contributed by atoms with Crippen LogP contribution in [0.25, 0.3) is 0 Å². The van der Waals surface area contributed by atoms with Crippen LogP contribution in [-0.2, 0) is 4.79 Å². The maximum absolute atomic E-state index is 12.7. The Morgan fingerprint density at radius 2 is 2.39 bits per heavy atom. The number of amides is 1. The summed E-state index contributed by atoms with van der Waals surface area (Å²) in [6, 6.07) is 0. The van der Waals surface area contributed by atoms with Gasteiger partial charge in [0.1, 0.15) is 0 Å². The Hall–Kier alpha value is -1.83. The first-order valence-corrected chi connectivity index (χ1v) is 8.84. The number of hydrogen-bond donors (Lipinski definition) is 0. The van der Waals surface area contributed by atoms with Crippen molar-refractivity contribution >= 4 is 22.8 Å². The molecule has 1 aromatic rings. The number of fused-ring (bicyclic) bond motifs is 1. The number of aliphatic imine (C=N–C) groups is 1. The molecule has 0 unspecified atom stereocenters. The van der Waals surface area contributed by atoms with Gasteiger partial charge in [0.15, 0.2) is 11.0 Å². The second kappa shape index (κ2) is 5.99. The maximum atomic E-state index is 12.7. The lowest BCUT2D eigenvalue weighted by Gasteiger charge is -2.32. The fourth-order valence-electron chi connectivity index (χ4n) is 3.28. The van der Waals surface area contributed by atoms with E-state index in [9.17, 15) is 4.79 Å². The van der Waals surface area contributed by atoms with E-state index in [0.717, 1.165) is 49.2 Å². The third-order valence-electron chi connectivity index (χ3n) is 4.46. The van der Waals surface area contributed by atoms with Crippen molar-refractivity contribution in [2.45, 2.75) is 32.1 Å². The van der Waals surface area contributed by atoms with Gasteiger partial charge in [-0.3, -0.25) is 9.79 Å². The van der Waals surface area contributed by atoms with Gasteiger partial charge in [0.05, 0.1) is 13.0 Å². The lowest BCUT2D eigenvalue weighted by atomic mass is 9.97. The second-order valence-electron chi connectivity index (χ2n) is 6.07. The molecule has 4 rings (SSSR count). The first-order valence-electron chi connectivity index (χ1n) is 7.96. The van der Waals surface area contributed by atoms with E-state index < -0.39 is 0 Å². The normalized spacial score (nSPS) is 23.8. The molecule has 3 aliphatic rings. The van der Waals surface area contributed by atoms with E-state index in [1.54, 1.807) is 18.7 Å². The third-order valence-corrected chi connectivity index (χ3v) is 5.41. The molecule has 0 radical (unpaired) electrons. The molecule has 1 saturated heterocycles. The van der Waals surface area contributed by atoms with Gasteiger partial charge in [-0.15, -0.1) is 0 Å². The first kappa shape index (κ1) is 14.7. The minimum Gasteiger partial charge on any atom is -0.342 e. The average molecular weight is 333 g/mol. The summed E-state index contributed by atoms with van der Waals surface area (Å²) >= 11 is 1.62. The largest absolute Gasteiger partial charge is 0.342 e. The van der Waals surface area contributed by atoms with Crippen molar-refractivity contribution in [2.24, 2.45) is 4.99 Å². The molecule has 122 valence electrons. The van der Waals surface area contributed by atoms with Gasteiger partial charge in [0, 0.05) is 38.2 Å². The van der Waals surface area contributed by atoms with Crippen LogP contribution in [0.2, 0.25) is 0 Å². The quantitative estimate of drug-likeness (QED) is 0.839. The molecular weight excluding hydrogens is 314 g/mol. The summed E-state index contributed by atoms with van der Waals surface area (Å²) in [6.45, 7) is 5.01. The van der Waals surface area contributed by atoms with Crippen LogP contribution in [0.5, 0.6) is 0 Å². The van der Waals surface area contributed by atoms with E-state index in [-0.39, 0.29) is 11.8 Å². The first-order chi connectivity index (χ1) is 11.2. The van der Waals surface area contributed by atoms with Crippen molar-refractivity contribution in [2.75, 3.05) is 26.2 Å². The Balaban J connectivity index is 1.39. The van der Waals surface area contributed by atoms with Gasteiger partial charge in [0.2, 0.25) is 11.8 Å². The van der Waals surface area contributed by atoms with Crippen LogP contribution in [0.15, 0.2) is 20.6 Å². The summed E-state index contributed by atoms with van der Waals surface area (Å²) in [5, 5.41) is 7.11. The van der Waals surface area contributed by atoms with Gasteiger partial charge in [0.25, 0.3) is 0 Å². The average Bonchev–Trinajstić information content (AvgIpc) is 3.26. The number of amidine groups is 1. The number of likely N-dealkylation sites (tertiary alicyclic amines) is 1. The van der Waals surface area contributed by atoms with Gasteiger partial charge >= 0.3 is 0 Å². The lowest BCUT2D eigenvalue weighted by molar-refractivity contribution is -0.131. The number of thioether (sulfide) groups is 1. The van der Waals surface area contributed by atoms with Gasteiger partial charge in [-0.05, 0) is 18.2 Å². The second-order valence-corrected chi connectivity index (χ2v) is 6.91. The van der Waals surface area contributed by atoms with Crippen LogP contribution in [0.1, 0.15) is 36.9 Å². The van der Waals surface area contributed by atoms with Crippen LogP contribution >= 0.6 is 11.8 Å². The standard InChI is InChI=1S/C15H19N5O2S/c1-10-17-14(18-22-10)11-3-2-5-19(8-11)13(21)7-12-9-23-15-16-4-6-20(12)15/h9,11H,2-8H2,1H3/t11-/m1/s1. The van der Waals surface area contributed by atoms with E-state index in [4.69, 9.17) is 4.52 Å². The molecule has 0 aliphatic carbocycles. The molecule has 1 aromatic heterocycles. The summed E-state index contributed by atoms with van der Waals surface area (Å²) in [5.74, 6) is 1.66. The number of carbonyl (C=O) groups excluding carboxylic acids is 1. The van der Waals surface area contributed by atoms with E-state index in [0.29, 0.717) is 18.9 Å². The highest BCUT2D eigenvalue weighted by atomic mass is 32.2. The van der Waals surface area contributed by atoms with Crippen LogP contribution in [0, 0.1) is 6.92 Å². The minimum atomic E-state index is 0.176. The Morgan fingerprint density at radius 3 is 3.22 bits per heavy atom. The van der Waals surface area contributed by atoms with Gasteiger partial charge < -0.3 is 14.3 Å². The minimum absolute atomic E-state index is 0.176. The van der Waals surface area contributed by atoms with Crippen LogP contribution in [-0.4, -0.2) is 57.2 Å². The van der Waals surface area contributed by atoms with E-state index in [1.165, 1.54) is 0 Å². The third kappa shape index (κ3) is 2.87. The lowest BCUT2D eigenvalue weighted by Crippen LogP contribution is -2.40. The topological polar surface area (TPSA) is 74.8 Å². The summed E-state index contributed by atoms with van der Waals surface area (Å²) in [4.78, 5) is 25.5. The highest BCUT2D eigenvalue weighted by molar-refractivity contribution is 8.16. The monoisotopic (exact) mass is 333 g/mol. The van der Waals surface area contributed by atoms with Crippen molar-refractivity contribution in [1.29, 1.82) is 0 Å². The summed E-state index contributed by atoms with van der Waals surface area (Å²) in [7, 11) is 0. The van der Waals surface area contributed by atoms with E-state index >= 15 is 0 Å². The molecule has 0 spiro atoms. The molecule has 0 aromatic carbocycles. The fraction of sp³-hybridized carbons (Fsp3) is 0.600. The van der Waals surface area contributed by atoms with Gasteiger partial charge in [-0.25, -0.2) is 0 Å². The molecule has 3 aliphatic heterocycles. The highest BCUT2D eigenvalue weighted by Gasteiger charge is 2.31. The molecule has 23 heavy (non-hydrogen) atoms. The predicted octanol–water partition coefficient (Wildman–Crippen LogP) is 1.73. The van der Waals surface area contributed by atoms with Gasteiger partial charge in [-0.2, -0.15) is 4.98 Å². The molecule has 0 saturated carbocycles. The molecule has 0 bridgehead atoms. The molecule has 8 heteroatoms. The van der Waals surface area contributed by atoms with E-state index in [1.807, 2.05) is 4.90 Å². The van der Waals surface area contributed by atoms with Crippen molar-refractivity contribution in [3.8, 4) is 0 Å². The zero-order valence-electron chi connectivity index (χ0n) is 13.1. The summed E-state index contributed by atoms with van der Waals surface area (Å²) in [6.07, 6.45) is 2.43. The number of aromatic nitrogens is 2. The Morgan fingerprint density at radius 1 is 1.48 bits per heavy atom. The van der Waals surface area contributed by atoms with Gasteiger partial charge in [-0.1, -0.05) is 16.9 Å². The summed E-state index contributed by atoms with van der Waals surface area (Å²) < 4.78 is 5.07. The number of hydrogen-bond acceptors (Lipinski definition) is 7. The molecular formula is C15H19N5O2S.